The number of aromatic nitrogens is 4. The van der Waals surface area contributed by atoms with Crippen LogP contribution in [0.25, 0.3) is 5.65 Å². The van der Waals surface area contributed by atoms with Crippen LogP contribution < -0.4 is 4.90 Å². The molecule has 172 valence electrons. The van der Waals surface area contributed by atoms with Gasteiger partial charge in [-0.25, -0.2) is 9.50 Å². The minimum absolute atomic E-state index is 0.115. The minimum Gasteiger partial charge on any atom is -0.373 e. The quantitative estimate of drug-likeness (QED) is 0.573. The molecule has 1 aliphatic rings. The van der Waals surface area contributed by atoms with Crippen molar-refractivity contribution in [3.63, 3.8) is 0 Å². The highest BCUT2D eigenvalue weighted by Gasteiger charge is 2.32. The Morgan fingerprint density at radius 3 is 2.69 bits per heavy atom. The maximum absolute atomic E-state index is 12.6. The van der Waals surface area contributed by atoms with E-state index in [-0.39, 0.29) is 5.91 Å². The molecule has 0 aliphatic carbocycles. The zero-order valence-corrected chi connectivity index (χ0v) is 18.2. The molecule has 0 N–H and O–H groups in total. The number of rotatable bonds is 6. The molecule has 10 heteroatoms. The van der Waals surface area contributed by atoms with E-state index in [0.29, 0.717) is 25.2 Å². The average Bonchev–Trinajstić information content (AvgIpc) is 3.41. The molecule has 0 bridgehead atoms. The summed E-state index contributed by atoms with van der Waals surface area (Å²) in [6, 6.07) is 8.62. The molecule has 3 aromatic heterocycles. The maximum atomic E-state index is 12.6. The van der Waals surface area contributed by atoms with E-state index in [1.165, 1.54) is 11.8 Å². The molecule has 0 radical (unpaired) electrons. The second kappa shape index (κ2) is 10.4. The van der Waals surface area contributed by atoms with E-state index in [4.69, 9.17) is 0 Å². The molecule has 1 fully saturated rings. The number of pyridine rings is 2. The van der Waals surface area contributed by atoms with E-state index in [9.17, 15) is 18.0 Å². The van der Waals surface area contributed by atoms with Gasteiger partial charge >= 0.3 is 6.18 Å². The summed E-state index contributed by atoms with van der Waals surface area (Å²) >= 11 is 0. The smallest absolute Gasteiger partial charge is 0.373 e. The fraction of sp³-hybridized carbons (Fsp3) is 0.455. The Hall–Kier alpha value is -3.17. The second-order valence-corrected chi connectivity index (χ2v) is 7.60. The molecule has 1 amide bonds. The van der Waals surface area contributed by atoms with Crippen molar-refractivity contribution in [2.45, 2.75) is 38.8 Å². The number of carbonyl (C=O) groups is 1. The van der Waals surface area contributed by atoms with Crippen LogP contribution in [0, 0.1) is 0 Å². The van der Waals surface area contributed by atoms with Crippen LogP contribution in [0.2, 0.25) is 0 Å². The van der Waals surface area contributed by atoms with Gasteiger partial charge in [0.1, 0.15) is 12.0 Å². The summed E-state index contributed by atoms with van der Waals surface area (Å²) in [4.78, 5) is 22.3. The fourth-order valence-electron chi connectivity index (χ4n) is 3.50. The second-order valence-electron chi connectivity index (χ2n) is 7.60. The van der Waals surface area contributed by atoms with E-state index >= 15 is 0 Å². The molecule has 1 aliphatic heterocycles. The van der Waals surface area contributed by atoms with Crippen LogP contribution in [0.5, 0.6) is 0 Å². The Morgan fingerprint density at radius 2 is 2.00 bits per heavy atom. The molecule has 0 saturated carbocycles. The zero-order chi connectivity index (χ0) is 23.1. The number of nitrogens with zero attached hydrogens (tertiary/aromatic N) is 6. The molecule has 0 atom stereocenters. The SMILES string of the molecule is CCCc1cccc2ncnn12.CN(CCN1CCCC1=O)c1ccnc(C(F)(F)F)c1. The standard InChI is InChI=1S/C13H16F3N3O.C9H11N3/c1-18(7-8-19-6-2-3-12(19)20)10-4-5-17-11(9-10)13(14,15)16;1-2-4-8-5-3-6-9-10-7-11-12(8)9/h4-5,9H,2-3,6-8H2,1H3;3,5-7H,2,4H2,1H3. The zero-order valence-electron chi connectivity index (χ0n) is 18.2. The normalized spacial score (nSPS) is 13.9. The Labute approximate surface area is 184 Å². The fourth-order valence-corrected chi connectivity index (χ4v) is 3.50. The van der Waals surface area contributed by atoms with Crippen molar-refractivity contribution in [3.05, 3.63) is 54.2 Å². The van der Waals surface area contributed by atoms with Gasteiger partial charge in [0.05, 0.1) is 0 Å². The van der Waals surface area contributed by atoms with Gasteiger partial charge in [-0.05, 0) is 37.1 Å². The van der Waals surface area contributed by atoms with Gasteiger partial charge in [0.2, 0.25) is 5.91 Å². The largest absolute Gasteiger partial charge is 0.433 e. The summed E-state index contributed by atoms with van der Waals surface area (Å²) < 4.78 is 39.6. The number of hydrogen-bond donors (Lipinski definition) is 0. The molecule has 32 heavy (non-hydrogen) atoms. The number of likely N-dealkylation sites (N-methyl/N-ethyl adjacent to an activating group) is 1. The number of likely N-dealkylation sites (tertiary alicyclic amines) is 1. The van der Waals surface area contributed by atoms with E-state index in [0.717, 1.165) is 43.7 Å². The van der Waals surface area contributed by atoms with Crippen LogP contribution in [0.1, 0.15) is 37.6 Å². The lowest BCUT2D eigenvalue weighted by atomic mass is 10.2. The number of fused-ring (bicyclic) bond motifs is 1. The predicted molar refractivity (Wildman–Crippen MR) is 115 cm³/mol. The first-order chi connectivity index (χ1) is 15.3. The highest BCUT2D eigenvalue weighted by atomic mass is 19.4. The van der Waals surface area contributed by atoms with Gasteiger partial charge in [-0.2, -0.15) is 18.3 Å². The third-order valence-corrected chi connectivity index (χ3v) is 5.24. The number of alkyl halides is 3. The Balaban J connectivity index is 0.000000204. The number of hydrogen-bond acceptors (Lipinski definition) is 5. The molecule has 3 aromatic rings. The number of halogens is 3. The molecule has 4 heterocycles. The van der Waals surface area contributed by atoms with Gasteiger partial charge < -0.3 is 9.80 Å². The topological polar surface area (TPSA) is 66.6 Å². The van der Waals surface area contributed by atoms with Crippen LogP contribution in [0.3, 0.4) is 0 Å². The first kappa shape index (κ1) is 23.5. The van der Waals surface area contributed by atoms with Crippen LogP contribution in [-0.4, -0.2) is 57.1 Å². The van der Waals surface area contributed by atoms with Gasteiger partial charge in [0.25, 0.3) is 0 Å². The van der Waals surface area contributed by atoms with Gasteiger partial charge in [-0.15, -0.1) is 0 Å². The lowest BCUT2D eigenvalue weighted by molar-refractivity contribution is -0.141. The monoisotopic (exact) mass is 448 g/mol. The summed E-state index contributed by atoms with van der Waals surface area (Å²) in [7, 11) is 1.70. The first-order valence-electron chi connectivity index (χ1n) is 10.6. The summed E-state index contributed by atoms with van der Waals surface area (Å²) in [5.41, 5.74) is 1.70. The average molecular weight is 448 g/mol. The predicted octanol–water partition coefficient (Wildman–Crippen LogP) is 3.84. The van der Waals surface area contributed by atoms with Gasteiger partial charge in [-0.3, -0.25) is 9.78 Å². The van der Waals surface area contributed by atoms with Crippen molar-refractivity contribution in [1.29, 1.82) is 0 Å². The first-order valence-corrected chi connectivity index (χ1v) is 10.6. The molecular weight excluding hydrogens is 421 g/mol. The Bertz CT molecular complexity index is 1040. The van der Waals surface area contributed by atoms with Crippen LogP contribution in [0.4, 0.5) is 18.9 Å². The van der Waals surface area contributed by atoms with Crippen molar-refractivity contribution in [3.8, 4) is 0 Å². The van der Waals surface area contributed by atoms with Crippen molar-refractivity contribution in [1.82, 2.24) is 24.5 Å². The van der Waals surface area contributed by atoms with Crippen molar-refractivity contribution in [2.24, 2.45) is 0 Å². The highest BCUT2D eigenvalue weighted by Crippen LogP contribution is 2.29. The highest BCUT2D eigenvalue weighted by molar-refractivity contribution is 5.78. The van der Waals surface area contributed by atoms with Gasteiger partial charge in [-0.1, -0.05) is 19.4 Å². The third kappa shape index (κ3) is 5.95. The van der Waals surface area contributed by atoms with E-state index in [2.05, 4.69) is 28.1 Å². The molecule has 0 spiro atoms. The number of anilines is 1. The molecular formula is C22H27F3N6O. The molecule has 0 aromatic carbocycles. The van der Waals surface area contributed by atoms with Crippen molar-refractivity contribution in [2.75, 3.05) is 31.6 Å². The van der Waals surface area contributed by atoms with Crippen LogP contribution in [-0.2, 0) is 17.4 Å². The molecule has 4 rings (SSSR count). The molecule has 1 saturated heterocycles. The minimum atomic E-state index is -4.44. The lowest BCUT2D eigenvalue weighted by Crippen LogP contribution is -2.34. The maximum Gasteiger partial charge on any atom is 0.433 e. The van der Waals surface area contributed by atoms with E-state index < -0.39 is 11.9 Å². The summed E-state index contributed by atoms with van der Waals surface area (Å²) in [5, 5.41) is 4.14. The number of aryl methyl sites for hydroxylation is 1. The van der Waals surface area contributed by atoms with Gasteiger partial charge in [0, 0.05) is 50.7 Å². The lowest BCUT2D eigenvalue weighted by Gasteiger charge is -2.23. The van der Waals surface area contributed by atoms with Crippen molar-refractivity contribution < 1.29 is 18.0 Å². The van der Waals surface area contributed by atoms with Crippen molar-refractivity contribution >= 4 is 17.2 Å². The number of carbonyl (C=O) groups excluding carboxylic acids is 1. The Kier molecular flexibility index (Phi) is 7.66. The summed E-state index contributed by atoms with van der Waals surface area (Å²) in [6.07, 6.45) is 1.92. The Morgan fingerprint density at radius 1 is 1.19 bits per heavy atom. The van der Waals surface area contributed by atoms with Gasteiger partial charge in [0.15, 0.2) is 5.65 Å². The number of amides is 1. The van der Waals surface area contributed by atoms with Crippen LogP contribution in [0.15, 0.2) is 42.9 Å². The summed E-state index contributed by atoms with van der Waals surface area (Å²) in [6.45, 7) is 3.92. The van der Waals surface area contributed by atoms with E-state index in [1.54, 1.807) is 23.2 Å². The molecule has 7 nitrogen and oxygen atoms in total. The van der Waals surface area contributed by atoms with Crippen LogP contribution >= 0.6 is 0 Å². The summed E-state index contributed by atoms with van der Waals surface area (Å²) in [5.74, 6) is 0.115. The third-order valence-electron chi connectivity index (χ3n) is 5.24. The molecule has 0 unspecified atom stereocenters. The van der Waals surface area contributed by atoms with E-state index in [1.807, 2.05) is 16.6 Å².